The van der Waals surface area contributed by atoms with Crippen molar-refractivity contribution in [2.75, 3.05) is 5.32 Å². The molecule has 0 radical (unpaired) electrons. The second-order valence-corrected chi connectivity index (χ2v) is 2.76. The van der Waals surface area contributed by atoms with E-state index in [-0.39, 0.29) is 41.9 Å². The van der Waals surface area contributed by atoms with Crippen LogP contribution in [-0.4, -0.2) is 16.9 Å². The Labute approximate surface area is 109 Å². The van der Waals surface area contributed by atoms with Gasteiger partial charge in [-0.1, -0.05) is 0 Å². The van der Waals surface area contributed by atoms with Gasteiger partial charge in [0.15, 0.2) is 0 Å². The average Bonchev–Trinajstić information content (AvgIpc) is 2.06. The fraction of sp³-hybridized carbons (Fsp3) is 0.222. The Morgan fingerprint density at radius 2 is 2.20 bits per heavy atom. The second kappa shape index (κ2) is 6.55. The summed E-state index contributed by atoms with van der Waals surface area (Å²) < 4.78 is 0. The normalized spacial score (nSPS) is 8.87. The minimum atomic E-state index is -1.19. The van der Waals surface area contributed by atoms with Gasteiger partial charge in [0.2, 0.25) is 5.91 Å². The van der Waals surface area contributed by atoms with E-state index in [2.05, 4.69) is 10.3 Å². The summed E-state index contributed by atoms with van der Waals surface area (Å²) in [6, 6.07) is 1.53. The molecule has 1 rings (SSSR count). The summed E-state index contributed by atoms with van der Waals surface area (Å²) in [7, 11) is 0. The number of carbonyl (C=O) groups is 2. The monoisotopic (exact) mass is 216 g/mol. The van der Waals surface area contributed by atoms with Crippen LogP contribution in [0.15, 0.2) is 18.5 Å². The van der Waals surface area contributed by atoms with Crippen LogP contribution < -0.4 is 40.0 Å². The van der Waals surface area contributed by atoms with Crippen molar-refractivity contribution in [3.63, 3.8) is 0 Å². The molecular formula is C9H9N2NaO3. The van der Waals surface area contributed by atoms with Crippen molar-refractivity contribution < 1.29 is 44.3 Å². The molecule has 1 N–H and O–H groups in total. The van der Waals surface area contributed by atoms with E-state index < -0.39 is 5.97 Å². The van der Waals surface area contributed by atoms with E-state index in [0.717, 1.165) is 0 Å². The number of pyridine rings is 1. The number of carboxylic acid groups (broad SMARTS) is 1. The average molecular weight is 216 g/mol. The minimum Gasteiger partial charge on any atom is -0.550 e. The van der Waals surface area contributed by atoms with Gasteiger partial charge < -0.3 is 15.2 Å². The first-order chi connectivity index (χ1) is 6.59. The number of aliphatic carboxylic acids is 1. The molecular weight excluding hydrogens is 207 g/mol. The topological polar surface area (TPSA) is 82.1 Å². The van der Waals surface area contributed by atoms with Gasteiger partial charge in [-0.2, -0.15) is 0 Å². The van der Waals surface area contributed by atoms with Gasteiger partial charge in [-0.05, 0) is 11.6 Å². The number of carbonyl (C=O) groups excluding carboxylic acids is 2. The third kappa shape index (κ3) is 4.92. The molecule has 0 saturated carbocycles. The van der Waals surface area contributed by atoms with Gasteiger partial charge in [0.05, 0.1) is 11.9 Å². The van der Waals surface area contributed by atoms with Crippen molar-refractivity contribution in [1.82, 2.24) is 4.98 Å². The molecule has 0 aliphatic heterocycles. The Morgan fingerprint density at radius 1 is 1.53 bits per heavy atom. The molecule has 0 bridgehead atoms. The van der Waals surface area contributed by atoms with Crippen LogP contribution in [0.25, 0.3) is 0 Å². The van der Waals surface area contributed by atoms with E-state index in [0.29, 0.717) is 11.3 Å². The third-order valence-corrected chi connectivity index (χ3v) is 1.56. The maximum atomic E-state index is 10.7. The maximum Gasteiger partial charge on any atom is 1.00 e. The Bertz CT molecular complexity index is 333. The van der Waals surface area contributed by atoms with Crippen LogP contribution in [0.5, 0.6) is 0 Å². The smallest absolute Gasteiger partial charge is 0.550 e. The van der Waals surface area contributed by atoms with E-state index >= 15 is 0 Å². The predicted octanol–water partition coefficient (Wildman–Crippen LogP) is -3.66. The van der Waals surface area contributed by atoms with Crippen LogP contribution in [0.2, 0.25) is 0 Å². The van der Waals surface area contributed by atoms with Crippen molar-refractivity contribution in [2.24, 2.45) is 0 Å². The molecule has 5 nitrogen and oxygen atoms in total. The number of anilines is 1. The molecule has 1 aromatic rings. The molecule has 1 aromatic heterocycles. The van der Waals surface area contributed by atoms with Crippen LogP contribution >= 0.6 is 0 Å². The second-order valence-electron chi connectivity index (χ2n) is 2.76. The Hall–Kier alpha value is -0.910. The van der Waals surface area contributed by atoms with E-state index in [1.807, 2.05) is 0 Å². The molecule has 0 fully saturated rings. The van der Waals surface area contributed by atoms with Crippen LogP contribution in [-0.2, 0) is 16.0 Å². The summed E-state index contributed by atoms with van der Waals surface area (Å²) in [5.41, 5.74) is 0.888. The van der Waals surface area contributed by atoms with Crippen LogP contribution in [0.4, 0.5) is 5.69 Å². The third-order valence-electron chi connectivity index (χ3n) is 1.56. The molecule has 0 spiro atoms. The molecule has 1 heterocycles. The summed E-state index contributed by atoms with van der Waals surface area (Å²) in [4.78, 5) is 24.9. The Morgan fingerprint density at radius 3 is 2.73 bits per heavy atom. The zero-order valence-corrected chi connectivity index (χ0v) is 10.6. The first-order valence-corrected chi connectivity index (χ1v) is 4.00. The van der Waals surface area contributed by atoms with Crippen LogP contribution in [0, 0.1) is 0 Å². The zero-order chi connectivity index (χ0) is 10.6. The van der Waals surface area contributed by atoms with Gasteiger partial charge >= 0.3 is 29.6 Å². The van der Waals surface area contributed by atoms with Gasteiger partial charge in [-0.3, -0.25) is 9.78 Å². The number of nitrogens with zero attached hydrogens (tertiary/aromatic N) is 1. The van der Waals surface area contributed by atoms with Crippen molar-refractivity contribution in [3.8, 4) is 0 Å². The van der Waals surface area contributed by atoms with Crippen molar-refractivity contribution >= 4 is 17.6 Å². The summed E-state index contributed by atoms with van der Waals surface area (Å²) in [5.74, 6) is -1.46. The van der Waals surface area contributed by atoms with Gasteiger partial charge in [0.25, 0.3) is 0 Å². The SMILES string of the molecule is CC(=O)Nc1cnccc1CC(=O)[O-].[Na+]. The van der Waals surface area contributed by atoms with E-state index in [9.17, 15) is 14.7 Å². The molecule has 0 aliphatic rings. The Kier molecular flexibility index (Phi) is 6.15. The molecule has 0 aliphatic carbocycles. The predicted molar refractivity (Wildman–Crippen MR) is 47.3 cm³/mol. The first-order valence-electron chi connectivity index (χ1n) is 4.00. The first kappa shape index (κ1) is 14.1. The van der Waals surface area contributed by atoms with Gasteiger partial charge in [0, 0.05) is 25.5 Å². The standard InChI is InChI=1S/C9H10N2O3.Na/c1-6(12)11-8-5-10-3-2-7(8)4-9(13)14;/h2-3,5H,4H2,1H3,(H,11,12)(H,13,14);/q;+1/p-1. The molecule has 0 unspecified atom stereocenters. The molecule has 0 aromatic carbocycles. The van der Waals surface area contributed by atoms with Gasteiger partial charge in [-0.15, -0.1) is 0 Å². The number of hydrogen-bond acceptors (Lipinski definition) is 4. The molecule has 15 heavy (non-hydrogen) atoms. The largest absolute Gasteiger partial charge is 1.00 e. The summed E-state index contributed by atoms with van der Waals surface area (Å²) in [6.07, 6.45) is 2.63. The number of hydrogen-bond donors (Lipinski definition) is 1. The summed E-state index contributed by atoms with van der Waals surface area (Å²) in [5, 5.41) is 12.8. The van der Waals surface area contributed by atoms with Crippen molar-refractivity contribution in [3.05, 3.63) is 24.0 Å². The van der Waals surface area contributed by atoms with Crippen LogP contribution in [0.3, 0.4) is 0 Å². The zero-order valence-electron chi connectivity index (χ0n) is 8.61. The number of aromatic nitrogens is 1. The molecule has 6 heteroatoms. The van der Waals surface area contributed by atoms with E-state index in [4.69, 9.17) is 0 Å². The fourth-order valence-corrected chi connectivity index (χ4v) is 1.04. The molecule has 0 saturated heterocycles. The van der Waals surface area contributed by atoms with Crippen LogP contribution in [0.1, 0.15) is 12.5 Å². The minimum absolute atomic E-state index is 0. The van der Waals surface area contributed by atoms with E-state index in [1.54, 1.807) is 0 Å². The quantitative estimate of drug-likeness (QED) is 0.528. The molecule has 74 valence electrons. The van der Waals surface area contributed by atoms with Crippen molar-refractivity contribution in [1.29, 1.82) is 0 Å². The summed E-state index contributed by atoms with van der Waals surface area (Å²) >= 11 is 0. The summed E-state index contributed by atoms with van der Waals surface area (Å²) in [6.45, 7) is 1.34. The number of amides is 1. The van der Waals surface area contributed by atoms with Gasteiger partial charge in [0.1, 0.15) is 0 Å². The number of rotatable bonds is 3. The van der Waals surface area contributed by atoms with Gasteiger partial charge in [-0.25, -0.2) is 0 Å². The fourth-order valence-electron chi connectivity index (χ4n) is 1.04. The number of nitrogens with one attached hydrogen (secondary N) is 1. The molecule has 0 atom stereocenters. The maximum absolute atomic E-state index is 10.7. The Balaban J connectivity index is 0.00000196. The number of carboxylic acids is 1. The van der Waals surface area contributed by atoms with Crippen molar-refractivity contribution in [2.45, 2.75) is 13.3 Å². The van der Waals surface area contributed by atoms with E-state index in [1.165, 1.54) is 25.4 Å². The molecule has 1 amide bonds.